The third kappa shape index (κ3) is 5.11. The summed E-state index contributed by atoms with van der Waals surface area (Å²) in [4.78, 5) is 38.7. The number of anilines is 1. The highest BCUT2D eigenvalue weighted by molar-refractivity contribution is 5.96. The highest BCUT2D eigenvalue weighted by atomic mass is 35.5. The second-order valence-electron chi connectivity index (χ2n) is 6.95. The first-order chi connectivity index (χ1) is 13.0. The van der Waals surface area contributed by atoms with Gasteiger partial charge in [0.25, 0.3) is 11.6 Å². The highest BCUT2D eigenvalue weighted by Crippen LogP contribution is 2.30. The first kappa shape index (κ1) is 21.9. The summed E-state index contributed by atoms with van der Waals surface area (Å²) < 4.78 is 0. The van der Waals surface area contributed by atoms with Crippen molar-refractivity contribution in [3.8, 4) is 0 Å². The van der Waals surface area contributed by atoms with Gasteiger partial charge >= 0.3 is 0 Å². The van der Waals surface area contributed by atoms with Crippen molar-refractivity contribution in [3.63, 3.8) is 0 Å². The van der Waals surface area contributed by atoms with Crippen molar-refractivity contribution in [1.82, 2.24) is 15.5 Å². The van der Waals surface area contributed by atoms with E-state index in [0.29, 0.717) is 37.4 Å². The van der Waals surface area contributed by atoms with Crippen LogP contribution in [0.4, 0.5) is 11.4 Å². The van der Waals surface area contributed by atoms with Crippen molar-refractivity contribution in [3.05, 3.63) is 33.9 Å². The number of amides is 2. The zero-order valence-electron chi connectivity index (χ0n) is 15.8. The number of piperazine rings is 1. The van der Waals surface area contributed by atoms with Gasteiger partial charge in [0.15, 0.2) is 0 Å². The monoisotopic (exact) mass is 411 g/mol. The second-order valence-corrected chi connectivity index (χ2v) is 6.95. The lowest BCUT2D eigenvalue weighted by atomic mass is 10.1. The zero-order chi connectivity index (χ0) is 19.4. The van der Waals surface area contributed by atoms with Crippen LogP contribution in [0.25, 0.3) is 0 Å². The van der Waals surface area contributed by atoms with Crippen molar-refractivity contribution in [1.29, 1.82) is 0 Å². The van der Waals surface area contributed by atoms with Gasteiger partial charge in [-0.25, -0.2) is 0 Å². The smallest absolute Gasteiger partial charge is 0.293 e. The molecule has 2 fully saturated rings. The zero-order valence-corrected chi connectivity index (χ0v) is 16.7. The van der Waals surface area contributed by atoms with E-state index in [0.717, 1.165) is 25.9 Å². The van der Waals surface area contributed by atoms with Gasteiger partial charge in [-0.3, -0.25) is 19.7 Å². The van der Waals surface area contributed by atoms with Gasteiger partial charge in [0.2, 0.25) is 5.91 Å². The maximum absolute atomic E-state index is 12.5. The average molecular weight is 412 g/mol. The molecule has 2 N–H and O–H groups in total. The molecule has 0 saturated carbocycles. The number of nitrogens with one attached hydrogen (secondary N) is 2. The molecule has 0 atom stereocenters. The average Bonchev–Trinajstić information content (AvgIpc) is 2.68. The summed E-state index contributed by atoms with van der Waals surface area (Å²) in [6, 6.07) is 4.72. The summed E-state index contributed by atoms with van der Waals surface area (Å²) in [6.07, 6.45) is 1.71. The Hall–Kier alpha value is -2.39. The van der Waals surface area contributed by atoms with E-state index in [1.807, 2.05) is 4.90 Å². The van der Waals surface area contributed by atoms with Crippen molar-refractivity contribution in [2.45, 2.75) is 25.8 Å². The van der Waals surface area contributed by atoms with Crippen LogP contribution in [0.2, 0.25) is 0 Å². The molecule has 2 aliphatic rings. The van der Waals surface area contributed by atoms with Gasteiger partial charge in [-0.15, -0.1) is 12.4 Å². The molecule has 1 aromatic rings. The lowest BCUT2D eigenvalue weighted by Crippen LogP contribution is -2.48. The largest absolute Gasteiger partial charge is 0.362 e. The summed E-state index contributed by atoms with van der Waals surface area (Å²) in [5, 5.41) is 17.8. The van der Waals surface area contributed by atoms with Gasteiger partial charge in [0, 0.05) is 50.8 Å². The molecule has 0 radical (unpaired) electrons. The Labute approximate surface area is 170 Å². The number of carbonyl (C=O) groups is 2. The summed E-state index contributed by atoms with van der Waals surface area (Å²) in [6.45, 7) is 5.36. The molecule has 0 aliphatic carbocycles. The van der Waals surface area contributed by atoms with Crippen LogP contribution >= 0.6 is 12.4 Å². The Balaban J connectivity index is 0.00000280. The van der Waals surface area contributed by atoms with Crippen molar-refractivity contribution < 1.29 is 14.5 Å². The second kappa shape index (κ2) is 9.70. The Kier molecular flexibility index (Phi) is 7.59. The van der Waals surface area contributed by atoms with Crippen LogP contribution in [-0.2, 0) is 4.79 Å². The van der Waals surface area contributed by atoms with Gasteiger partial charge in [-0.05, 0) is 38.1 Å². The topological polar surface area (TPSA) is 108 Å². The first-order valence-corrected chi connectivity index (χ1v) is 9.26. The van der Waals surface area contributed by atoms with Crippen LogP contribution in [0.5, 0.6) is 0 Å². The Morgan fingerprint density at radius 3 is 2.39 bits per heavy atom. The lowest BCUT2D eigenvalue weighted by Gasteiger charge is -2.35. The van der Waals surface area contributed by atoms with E-state index in [9.17, 15) is 19.7 Å². The lowest BCUT2D eigenvalue weighted by molar-refractivity contribution is -0.384. The van der Waals surface area contributed by atoms with Crippen molar-refractivity contribution >= 4 is 35.6 Å². The summed E-state index contributed by atoms with van der Waals surface area (Å²) in [5.41, 5.74) is 0.706. The van der Waals surface area contributed by atoms with Crippen molar-refractivity contribution in [2.24, 2.45) is 0 Å². The number of hydrogen-bond donors (Lipinski definition) is 2. The summed E-state index contributed by atoms with van der Waals surface area (Å²) in [7, 11) is 0. The fourth-order valence-electron chi connectivity index (χ4n) is 3.58. The van der Waals surface area contributed by atoms with Crippen LogP contribution in [-0.4, -0.2) is 66.9 Å². The fraction of sp³-hybridized carbons (Fsp3) is 0.556. The third-order valence-corrected chi connectivity index (χ3v) is 5.17. The minimum Gasteiger partial charge on any atom is -0.362 e. The summed E-state index contributed by atoms with van der Waals surface area (Å²) >= 11 is 0. The molecule has 10 heteroatoms. The number of halogens is 1. The molecular formula is C18H26ClN5O4. The van der Waals surface area contributed by atoms with E-state index in [-0.39, 0.29) is 36.0 Å². The number of benzene rings is 1. The molecule has 0 spiro atoms. The van der Waals surface area contributed by atoms with E-state index in [1.54, 1.807) is 17.0 Å². The first-order valence-electron chi connectivity index (χ1n) is 9.26. The van der Waals surface area contributed by atoms with Crippen LogP contribution in [0.15, 0.2) is 18.2 Å². The standard InChI is InChI=1S/C18H25N5O4.ClH/c1-13(24)21-8-10-22(11-9-21)16-3-2-14(12-17(16)23(26)27)18(25)20-15-4-6-19-7-5-15;/h2-3,12,15,19H,4-11H2,1H3,(H,20,25);1H. The van der Waals surface area contributed by atoms with Crippen molar-refractivity contribution in [2.75, 3.05) is 44.2 Å². The fourth-order valence-corrected chi connectivity index (χ4v) is 3.58. The number of nitrogens with zero attached hydrogens (tertiary/aromatic N) is 3. The van der Waals surface area contributed by atoms with Gasteiger partial charge in [-0.2, -0.15) is 0 Å². The number of hydrogen-bond acceptors (Lipinski definition) is 6. The third-order valence-electron chi connectivity index (χ3n) is 5.17. The number of carbonyl (C=O) groups excluding carboxylic acids is 2. The van der Waals surface area contributed by atoms with E-state index in [4.69, 9.17) is 0 Å². The van der Waals surface area contributed by atoms with Crippen LogP contribution in [0.1, 0.15) is 30.1 Å². The maximum atomic E-state index is 12.5. The predicted octanol–water partition coefficient (Wildman–Crippen LogP) is 1.17. The van der Waals surface area contributed by atoms with E-state index < -0.39 is 4.92 Å². The number of nitro benzene ring substituents is 1. The maximum Gasteiger partial charge on any atom is 0.293 e. The molecule has 0 unspecified atom stereocenters. The molecule has 1 aromatic carbocycles. The van der Waals surface area contributed by atoms with E-state index >= 15 is 0 Å². The van der Waals surface area contributed by atoms with E-state index in [1.165, 1.54) is 13.0 Å². The number of rotatable bonds is 4. The van der Waals surface area contributed by atoms with Crippen LogP contribution in [0, 0.1) is 10.1 Å². The molecular weight excluding hydrogens is 386 g/mol. The van der Waals surface area contributed by atoms with Gasteiger partial charge in [-0.1, -0.05) is 0 Å². The molecule has 28 heavy (non-hydrogen) atoms. The van der Waals surface area contributed by atoms with Gasteiger partial charge in [0.05, 0.1) is 4.92 Å². The molecule has 0 aromatic heterocycles. The molecule has 2 aliphatic heterocycles. The van der Waals surface area contributed by atoms with Gasteiger partial charge < -0.3 is 20.4 Å². The quantitative estimate of drug-likeness (QED) is 0.568. The molecule has 2 heterocycles. The SMILES string of the molecule is CC(=O)N1CCN(c2ccc(C(=O)NC3CCNCC3)cc2[N+](=O)[O-])CC1.Cl. The molecule has 2 amide bonds. The molecule has 3 rings (SSSR count). The molecule has 154 valence electrons. The normalized spacial score (nSPS) is 17.6. The Morgan fingerprint density at radius 2 is 1.82 bits per heavy atom. The minimum absolute atomic E-state index is 0. The predicted molar refractivity (Wildman–Crippen MR) is 108 cm³/mol. The van der Waals surface area contributed by atoms with Gasteiger partial charge in [0.1, 0.15) is 5.69 Å². The number of nitro groups is 1. The van der Waals surface area contributed by atoms with E-state index in [2.05, 4.69) is 10.6 Å². The molecule has 0 bridgehead atoms. The van der Waals surface area contributed by atoms with Crippen LogP contribution in [0.3, 0.4) is 0 Å². The summed E-state index contributed by atoms with van der Waals surface area (Å²) in [5.74, 6) is -0.271. The highest BCUT2D eigenvalue weighted by Gasteiger charge is 2.26. The van der Waals surface area contributed by atoms with Crippen LogP contribution < -0.4 is 15.5 Å². The molecule has 2 saturated heterocycles. The minimum atomic E-state index is -0.450. The Bertz CT molecular complexity index is 731. The Morgan fingerprint density at radius 1 is 1.18 bits per heavy atom. The number of piperidine rings is 1. The molecule has 9 nitrogen and oxygen atoms in total.